The molecule has 0 radical (unpaired) electrons. The van der Waals surface area contributed by atoms with Gasteiger partial charge in [-0.05, 0) is 37.5 Å². The van der Waals surface area contributed by atoms with Crippen molar-refractivity contribution >= 4 is 15.7 Å². The van der Waals surface area contributed by atoms with E-state index >= 15 is 0 Å². The number of nitrogens with two attached hydrogens (primary N) is 1. The molecule has 1 rings (SSSR count). The lowest BCUT2D eigenvalue weighted by Crippen LogP contribution is -2.38. The van der Waals surface area contributed by atoms with Gasteiger partial charge in [-0.1, -0.05) is 13.8 Å². The Kier molecular flexibility index (Phi) is 4.58. The molecule has 0 heterocycles. The highest BCUT2D eigenvalue weighted by molar-refractivity contribution is 7.89. The summed E-state index contributed by atoms with van der Waals surface area (Å²) < 4.78 is 40.1. The first-order valence-corrected chi connectivity index (χ1v) is 7.56. The molecule has 0 aliphatic rings. The zero-order valence-electron chi connectivity index (χ0n) is 11.9. The molecule has 0 spiro atoms. The molecule has 0 aliphatic carbocycles. The maximum atomic E-state index is 14.0. The Labute approximate surface area is 114 Å². The van der Waals surface area contributed by atoms with Crippen molar-refractivity contribution in [3.63, 3.8) is 0 Å². The summed E-state index contributed by atoms with van der Waals surface area (Å²) in [7, 11) is -2.42. The van der Waals surface area contributed by atoms with Crippen LogP contribution in [0.15, 0.2) is 17.0 Å². The maximum absolute atomic E-state index is 14.0. The number of aryl methyl sites for hydroxylation is 1. The van der Waals surface area contributed by atoms with Gasteiger partial charge < -0.3 is 5.73 Å². The average Bonchev–Trinajstić information content (AvgIpc) is 2.31. The second-order valence-corrected chi connectivity index (χ2v) is 7.12. The van der Waals surface area contributed by atoms with Gasteiger partial charge in [0.2, 0.25) is 10.0 Å². The van der Waals surface area contributed by atoms with Crippen molar-refractivity contribution in [2.45, 2.75) is 38.6 Å². The van der Waals surface area contributed by atoms with Crippen LogP contribution >= 0.6 is 0 Å². The summed E-state index contributed by atoms with van der Waals surface area (Å²) in [6.45, 7) is 7.12. The van der Waals surface area contributed by atoms with Crippen LogP contribution in [0.4, 0.5) is 10.1 Å². The molecule has 0 saturated heterocycles. The lowest BCUT2D eigenvalue weighted by molar-refractivity contribution is 0.314. The van der Waals surface area contributed by atoms with E-state index < -0.39 is 15.8 Å². The fraction of sp³-hybridized carbons (Fsp3) is 0.538. The third-order valence-electron chi connectivity index (χ3n) is 3.44. The molecule has 1 atom stereocenters. The van der Waals surface area contributed by atoms with Crippen molar-refractivity contribution in [2.75, 3.05) is 12.8 Å². The molecule has 0 saturated carbocycles. The van der Waals surface area contributed by atoms with E-state index in [9.17, 15) is 12.8 Å². The van der Waals surface area contributed by atoms with E-state index in [-0.39, 0.29) is 28.1 Å². The van der Waals surface area contributed by atoms with Crippen LogP contribution in [0.3, 0.4) is 0 Å². The summed E-state index contributed by atoms with van der Waals surface area (Å²) in [4.78, 5) is -0.361. The third kappa shape index (κ3) is 3.06. The van der Waals surface area contributed by atoms with Crippen LogP contribution < -0.4 is 5.73 Å². The number of halogens is 1. The van der Waals surface area contributed by atoms with Gasteiger partial charge in [0.1, 0.15) is 10.7 Å². The summed E-state index contributed by atoms with van der Waals surface area (Å²) in [6, 6.07) is 2.35. The topological polar surface area (TPSA) is 63.4 Å². The van der Waals surface area contributed by atoms with Crippen LogP contribution in [-0.4, -0.2) is 25.8 Å². The van der Waals surface area contributed by atoms with E-state index in [4.69, 9.17) is 5.73 Å². The third-order valence-corrected chi connectivity index (χ3v) is 5.38. The maximum Gasteiger partial charge on any atom is 0.246 e. The summed E-state index contributed by atoms with van der Waals surface area (Å²) in [5.41, 5.74) is 6.08. The Morgan fingerprint density at radius 1 is 1.26 bits per heavy atom. The largest absolute Gasteiger partial charge is 0.399 e. The summed E-state index contributed by atoms with van der Waals surface area (Å²) in [5.74, 6) is -0.609. The van der Waals surface area contributed by atoms with Crippen LogP contribution in [0.5, 0.6) is 0 Å². The van der Waals surface area contributed by atoms with Gasteiger partial charge in [0.25, 0.3) is 0 Å². The van der Waals surface area contributed by atoms with Gasteiger partial charge in [0.15, 0.2) is 0 Å². The molecular weight excluding hydrogens is 267 g/mol. The molecule has 1 aromatic rings. The van der Waals surface area contributed by atoms with E-state index in [1.165, 1.54) is 30.4 Å². The predicted molar refractivity (Wildman–Crippen MR) is 74.8 cm³/mol. The van der Waals surface area contributed by atoms with Gasteiger partial charge in [-0.2, -0.15) is 4.31 Å². The highest BCUT2D eigenvalue weighted by Gasteiger charge is 2.30. The Morgan fingerprint density at radius 3 is 2.26 bits per heavy atom. The first-order valence-electron chi connectivity index (χ1n) is 6.12. The molecule has 0 aliphatic heterocycles. The van der Waals surface area contributed by atoms with E-state index in [2.05, 4.69) is 0 Å². The van der Waals surface area contributed by atoms with Gasteiger partial charge in [-0.25, -0.2) is 12.8 Å². The van der Waals surface area contributed by atoms with Gasteiger partial charge in [0, 0.05) is 18.8 Å². The second-order valence-electron chi connectivity index (χ2n) is 5.16. The molecule has 0 fully saturated rings. The summed E-state index contributed by atoms with van der Waals surface area (Å²) in [5, 5.41) is 0. The van der Waals surface area contributed by atoms with Gasteiger partial charge >= 0.3 is 0 Å². The highest BCUT2D eigenvalue weighted by Crippen LogP contribution is 2.26. The Balaban J connectivity index is 3.36. The number of rotatable bonds is 4. The van der Waals surface area contributed by atoms with Crippen LogP contribution in [0.25, 0.3) is 0 Å². The standard InChI is InChI=1S/C13H21FN2O2S/c1-8(2)10(4)16(5)19(17,18)12-7-11(15)6-9(3)13(12)14/h6-8,10H,15H2,1-5H3. The van der Waals surface area contributed by atoms with E-state index in [1.807, 2.05) is 13.8 Å². The van der Waals surface area contributed by atoms with Crippen LogP contribution in [-0.2, 0) is 10.0 Å². The average molecular weight is 288 g/mol. The molecule has 108 valence electrons. The Hall–Kier alpha value is -1.14. The van der Waals surface area contributed by atoms with E-state index in [1.54, 1.807) is 6.92 Å². The highest BCUT2D eigenvalue weighted by atomic mass is 32.2. The van der Waals surface area contributed by atoms with Crippen molar-refractivity contribution in [3.8, 4) is 0 Å². The fourth-order valence-corrected chi connectivity index (χ4v) is 3.41. The monoisotopic (exact) mass is 288 g/mol. The predicted octanol–water partition coefficient (Wildman–Crippen LogP) is 2.38. The van der Waals surface area contributed by atoms with E-state index in [0.717, 1.165) is 0 Å². The minimum atomic E-state index is -3.88. The number of anilines is 1. The van der Waals surface area contributed by atoms with Crippen molar-refractivity contribution in [2.24, 2.45) is 5.92 Å². The molecular formula is C13H21FN2O2S. The fourth-order valence-electron chi connectivity index (χ4n) is 1.75. The molecule has 0 aromatic heterocycles. The van der Waals surface area contributed by atoms with Crippen molar-refractivity contribution in [1.82, 2.24) is 4.31 Å². The number of nitrogens with zero attached hydrogens (tertiary/aromatic N) is 1. The van der Waals surface area contributed by atoms with Crippen LogP contribution in [0.1, 0.15) is 26.3 Å². The minimum absolute atomic E-state index is 0.130. The summed E-state index contributed by atoms with van der Waals surface area (Å²) >= 11 is 0. The zero-order valence-corrected chi connectivity index (χ0v) is 12.8. The van der Waals surface area contributed by atoms with Crippen molar-refractivity contribution in [3.05, 3.63) is 23.5 Å². The van der Waals surface area contributed by atoms with Crippen molar-refractivity contribution in [1.29, 1.82) is 0 Å². The molecule has 1 unspecified atom stereocenters. The minimum Gasteiger partial charge on any atom is -0.399 e. The number of hydrogen-bond donors (Lipinski definition) is 1. The van der Waals surface area contributed by atoms with E-state index in [0.29, 0.717) is 0 Å². The van der Waals surface area contributed by atoms with Gasteiger partial charge in [-0.15, -0.1) is 0 Å². The summed E-state index contributed by atoms with van der Waals surface area (Å²) in [6.07, 6.45) is 0. The lowest BCUT2D eigenvalue weighted by Gasteiger charge is -2.27. The molecule has 19 heavy (non-hydrogen) atoms. The Bertz CT molecular complexity index is 570. The van der Waals surface area contributed by atoms with Crippen LogP contribution in [0, 0.1) is 18.7 Å². The first-order chi connectivity index (χ1) is 8.59. The molecule has 1 aromatic carbocycles. The van der Waals surface area contributed by atoms with Gasteiger partial charge in [-0.3, -0.25) is 0 Å². The SMILES string of the molecule is Cc1cc(N)cc(S(=O)(=O)N(C)C(C)C(C)C)c1F. The number of nitrogen functional groups attached to an aromatic ring is 1. The first kappa shape index (κ1) is 15.9. The zero-order chi connectivity index (χ0) is 15.0. The van der Waals surface area contributed by atoms with Crippen molar-refractivity contribution < 1.29 is 12.8 Å². The smallest absolute Gasteiger partial charge is 0.246 e. The molecule has 4 nitrogen and oxygen atoms in total. The normalized spacial score (nSPS) is 14.1. The molecule has 2 N–H and O–H groups in total. The molecule has 6 heteroatoms. The lowest BCUT2D eigenvalue weighted by atomic mass is 10.1. The quantitative estimate of drug-likeness (QED) is 0.865. The Morgan fingerprint density at radius 2 is 1.79 bits per heavy atom. The number of benzene rings is 1. The van der Waals surface area contributed by atoms with Gasteiger partial charge in [0.05, 0.1) is 0 Å². The molecule has 0 amide bonds. The number of hydrogen-bond acceptors (Lipinski definition) is 3. The number of sulfonamides is 1. The second kappa shape index (κ2) is 5.46. The van der Waals surface area contributed by atoms with Crippen LogP contribution in [0.2, 0.25) is 0 Å². The molecule has 0 bridgehead atoms.